The Hall–Kier alpha value is -2.14. The second-order valence-corrected chi connectivity index (χ2v) is 7.49. The highest BCUT2D eigenvalue weighted by molar-refractivity contribution is 6.31. The number of aryl methyl sites for hydroxylation is 1. The summed E-state index contributed by atoms with van der Waals surface area (Å²) < 4.78 is 5.50. The summed E-state index contributed by atoms with van der Waals surface area (Å²) in [7, 11) is 0. The number of hydrogen-bond acceptors (Lipinski definition) is 3. The van der Waals surface area contributed by atoms with Crippen LogP contribution >= 0.6 is 11.6 Å². The van der Waals surface area contributed by atoms with Crippen molar-refractivity contribution < 1.29 is 9.21 Å². The maximum absolute atomic E-state index is 12.6. The molecule has 6 heteroatoms. The molecule has 2 aliphatic rings. The molecule has 0 bridgehead atoms. The molecule has 5 nitrogen and oxygen atoms in total. The Bertz CT molecular complexity index is 783. The SMILES string of the molecule is O=C(Nc1cc(Cl)ccc1N1CCCCC1)NC1CCCc2occc21. The lowest BCUT2D eigenvalue weighted by Crippen LogP contribution is -2.35. The van der Waals surface area contributed by atoms with E-state index >= 15 is 0 Å². The summed E-state index contributed by atoms with van der Waals surface area (Å²) >= 11 is 6.18. The van der Waals surface area contributed by atoms with Crippen LogP contribution in [0.3, 0.4) is 0 Å². The number of nitrogens with zero attached hydrogens (tertiary/aromatic N) is 1. The minimum absolute atomic E-state index is 0.00452. The lowest BCUT2D eigenvalue weighted by molar-refractivity contribution is 0.246. The van der Waals surface area contributed by atoms with E-state index in [0.29, 0.717) is 5.02 Å². The van der Waals surface area contributed by atoms with Crippen LogP contribution in [0.2, 0.25) is 5.02 Å². The molecular weight excluding hydrogens is 350 g/mol. The Morgan fingerprint density at radius 2 is 2.00 bits per heavy atom. The average Bonchev–Trinajstić information content (AvgIpc) is 3.12. The van der Waals surface area contributed by atoms with Crippen LogP contribution in [0.25, 0.3) is 0 Å². The smallest absolute Gasteiger partial charge is 0.319 e. The number of carbonyl (C=O) groups is 1. The zero-order valence-electron chi connectivity index (χ0n) is 14.8. The van der Waals surface area contributed by atoms with Crippen molar-refractivity contribution in [3.8, 4) is 0 Å². The van der Waals surface area contributed by atoms with Crippen molar-refractivity contribution in [2.75, 3.05) is 23.3 Å². The third-order valence-electron chi connectivity index (χ3n) is 5.26. The molecule has 1 unspecified atom stereocenters. The Morgan fingerprint density at radius 3 is 2.85 bits per heavy atom. The monoisotopic (exact) mass is 373 g/mol. The molecule has 1 saturated heterocycles. The van der Waals surface area contributed by atoms with Crippen LogP contribution in [0.5, 0.6) is 0 Å². The van der Waals surface area contributed by atoms with Crippen molar-refractivity contribution in [2.24, 2.45) is 0 Å². The molecule has 26 heavy (non-hydrogen) atoms. The quantitative estimate of drug-likeness (QED) is 0.784. The van der Waals surface area contributed by atoms with Gasteiger partial charge in [-0.2, -0.15) is 0 Å². The zero-order chi connectivity index (χ0) is 17.9. The minimum atomic E-state index is -0.204. The van der Waals surface area contributed by atoms with Gasteiger partial charge in [-0.15, -0.1) is 0 Å². The summed E-state index contributed by atoms with van der Waals surface area (Å²) in [5, 5.41) is 6.72. The predicted molar refractivity (Wildman–Crippen MR) is 104 cm³/mol. The number of furan rings is 1. The molecule has 2 amide bonds. The predicted octanol–water partition coefficient (Wildman–Crippen LogP) is 5.12. The molecular formula is C20H24ClN3O2. The second-order valence-electron chi connectivity index (χ2n) is 7.05. The van der Waals surface area contributed by atoms with Crippen LogP contribution < -0.4 is 15.5 Å². The number of piperidine rings is 1. The summed E-state index contributed by atoms with van der Waals surface area (Å²) in [4.78, 5) is 15.0. The first-order chi connectivity index (χ1) is 12.7. The standard InChI is InChI=1S/C20H24ClN3O2/c21-14-7-8-18(24-10-2-1-3-11-24)17(13-14)23-20(25)22-16-5-4-6-19-15(16)9-12-26-19/h7-9,12-13,16H,1-6,10-11H2,(H2,22,23,25). The Balaban J connectivity index is 1.48. The number of halogens is 1. The molecule has 0 spiro atoms. The first-order valence-electron chi connectivity index (χ1n) is 9.39. The fraction of sp³-hybridized carbons (Fsp3) is 0.450. The van der Waals surface area contributed by atoms with E-state index in [0.717, 1.165) is 55.1 Å². The van der Waals surface area contributed by atoms with Gasteiger partial charge in [-0.1, -0.05) is 11.6 Å². The molecule has 0 radical (unpaired) electrons. The highest BCUT2D eigenvalue weighted by Gasteiger charge is 2.24. The summed E-state index contributed by atoms with van der Waals surface area (Å²) in [6.45, 7) is 2.03. The van der Waals surface area contributed by atoms with Gasteiger partial charge in [0.2, 0.25) is 0 Å². The molecule has 4 rings (SSSR count). The number of anilines is 2. The van der Waals surface area contributed by atoms with Crippen molar-refractivity contribution in [3.05, 3.63) is 46.9 Å². The largest absolute Gasteiger partial charge is 0.469 e. The van der Waals surface area contributed by atoms with E-state index in [-0.39, 0.29) is 12.1 Å². The van der Waals surface area contributed by atoms with Crippen molar-refractivity contribution >= 4 is 29.0 Å². The van der Waals surface area contributed by atoms with Crippen LogP contribution in [-0.4, -0.2) is 19.1 Å². The topological polar surface area (TPSA) is 57.5 Å². The Morgan fingerprint density at radius 1 is 1.15 bits per heavy atom. The summed E-state index contributed by atoms with van der Waals surface area (Å²) in [5.41, 5.74) is 2.89. The maximum atomic E-state index is 12.6. The third-order valence-corrected chi connectivity index (χ3v) is 5.50. The van der Waals surface area contributed by atoms with Crippen molar-refractivity contribution in [3.63, 3.8) is 0 Å². The van der Waals surface area contributed by atoms with E-state index < -0.39 is 0 Å². The number of rotatable bonds is 3. The van der Waals surface area contributed by atoms with Crippen molar-refractivity contribution in [1.29, 1.82) is 0 Å². The van der Waals surface area contributed by atoms with Gasteiger partial charge in [0.05, 0.1) is 23.7 Å². The highest BCUT2D eigenvalue weighted by atomic mass is 35.5. The first kappa shape index (κ1) is 17.3. The van der Waals surface area contributed by atoms with Gasteiger partial charge in [0, 0.05) is 30.1 Å². The lowest BCUT2D eigenvalue weighted by Gasteiger charge is -2.31. The average molecular weight is 374 g/mol. The first-order valence-corrected chi connectivity index (χ1v) is 9.77. The van der Waals surface area contributed by atoms with Crippen molar-refractivity contribution in [2.45, 2.75) is 44.6 Å². The Labute approximate surface area is 158 Å². The number of nitrogens with one attached hydrogen (secondary N) is 2. The summed E-state index contributed by atoms with van der Waals surface area (Å²) in [6.07, 6.45) is 8.21. The van der Waals surface area contributed by atoms with E-state index in [1.807, 2.05) is 24.3 Å². The van der Waals surface area contributed by atoms with Gasteiger partial charge in [0.1, 0.15) is 5.76 Å². The van der Waals surface area contributed by atoms with Gasteiger partial charge < -0.3 is 20.0 Å². The number of benzene rings is 1. The molecule has 1 aromatic carbocycles. The fourth-order valence-electron chi connectivity index (χ4n) is 3.97. The fourth-order valence-corrected chi connectivity index (χ4v) is 4.14. The van der Waals surface area contributed by atoms with E-state index in [4.69, 9.17) is 16.0 Å². The molecule has 1 aliphatic carbocycles. The normalized spacial score (nSPS) is 19.7. The van der Waals surface area contributed by atoms with Gasteiger partial charge in [-0.3, -0.25) is 0 Å². The van der Waals surface area contributed by atoms with Crippen molar-refractivity contribution in [1.82, 2.24) is 5.32 Å². The summed E-state index contributed by atoms with van der Waals surface area (Å²) in [5.74, 6) is 0.985. The molecule has 1 aliphatic heterocycles. The molecule has 2 heterocycles. The van der Waals surface area contributed by atoms with Gasteiger partial charge in [0.15, 0.2) is 0 Å². The second kappa shape index (κ2) is 7.62. The number of amides is 2. The summed E-state index contributed by atoms with van der Waals surface area (Å²) in [6, 6.07) is 7.46. The number of fused-ring (bicyclic) bond motifs is 1. The van der Waals surface area contributed by atoms with E-state index in [9.17, 15) is 4.79 Å². The van der Waals surface area contributed by atoms with Crippen LogP contribution in [-0.2, 0) is 6.42 Å². The molecule has 1 atom stereocenters. The number of urea groups is 1. The van der Waals surface area contributed by atoms with Gasteiger partial charge in [-0.05, 0) is 56.4 Å². The zero-order valence-corrected chi connectivity index (χ0v) is 15.5. The van der Waals surface area contributed by atoms with Crippen LogP contribution in [0.1, 0.15) is 49.5 Å². The molecule has 138 valence electrons. The highest BCUT2D eigenvalue weighted by Crippen LogP contribution is 2.33. The minimum Gasteiger partial charge on any atom is -0.469 e. The molecule has 2 N–H and O–H groups in total. The van der Waals surface area contributed by atoms with Gasteiger partial charge in [0.25, 0.3) is 0 Å². The molecule has 2 aromatic rings. The van der Waals surface area contributed by atoms with Crippen LogP contribution in [0.15, 0.2) is 34.9 Å². The molecule has 1 fully saturated rings. The third kappa shape index (κ3) is 3.68. The molecule has 0 saturated carbocycles. The molecule has 1 aromatic heterocycles. The van der Waals surface area contributed by atoms with Gasteiger partial charge >= 0.3 is 6.03 Å². The lowest BCUT2D eigenvalue weighted by atomic mass is 9.93. The van der Waals surface area contributed by atoms with E-state index in [2.05, 4.69) is 15.5 Å². The Kier molecular flexibility index (Phi) is 5.07. The van der Waals surface area contributed by atoms with Crippen LogP contribution in [0, 0.1) is 0 Å². The number of carbonyl (C=O) groups excluding carboxylic acids is 1. The van der Waals surface area contributed by atoms with E-state index in [1.165, 1.54) is 19.3 Å². The van der Waals surface area contributed by atoms with Gasteiger partial charge in [-0.25, -0.2) is 4.79 Å². The van der Waals surface area contributed by atoms with E-state index in [1.54, 1.807) is 6.26 Å². The van der Waals surface area contributed by atoms with Crippen LogP contribution in [0.4, 0.5) is 16.2 Å². The number of hydrogen-bond donors (Lipinski definition) is 2. The maximum Gasteiger partial charge on any atom is 0.319 e.